The number of esters is 1. The molecule has 0 aromatic heterocycles. The fraction of sp³-hybridized carbons (Fsp3) is 0.364. The number of amides is 1. The second kappa shape index (κ2) is 9.60. The molecule has 28 heavy (non-hydrogen) atoms. The number of carbonyl (C=O) groups is 2. The molecule has 0 spiro atoms. The van der Waals surface area contributed by atoms with E-state index in [2.05, 4.69) is 0 Å². The third kappa shape index (κ3) is 5.04. The second-order valence-electron chi connectivity index (χ2n) is 6.73. The lowest BCUT2D eigenvalue weighted by molar-refractivity contribution is -0.149. The monoisotopic (exact) mass is 401 g/mol. The minimum Gasteiger partial charge on any atom is -0.488 e. The third-order valence-electron chi connectivity index (χ3n) is 4.83. The molecule has 148 valence electrons. The molecule has 1 amide bonds. The van der Waals surface area contributed by atoms with Crippen molar-refractivity contribution < 1.29 is 19.1 Å². The van der Waals surface area contributed by atoms with E-state index in [9.17, 15) is 9.59 Å². The standard InChI is InChI=1S/C22H24ClNO4/c1-2-27-22(26)17-11-13-24(14-12-17)21(25)19-5-3-4-6-20(19)28-15-16-7-9-18(23)10-8-16/h3-10,17H,2,11-15H2,1H3. The van der Waals surface area contributed by atoms with Crippen LogP contribution in [0.5, 0.6) is 5.75 Å². The normalized spacial score (nSPS) is 14.6. The van der Waals surface area contributed by atoms with Gasteiger partial charge in [-0.25, -0.2) is 0 Å². The molecule has 1 fully saturated rings. The van der Waals surface area contributed by atoms with Gasteiger partial charge in [-0.3, -0.25) is 9.59 Å². The van der Waals surface area contributed by atoms with Crippen LogP contribution in [0, 0.1) is 5.92 Å². The molecule has 2 aromatic rings. The average Bonchev–Trinajstić information content (AvgIpc) is 2.73. The highest BCUT2D eigenvalue weighted by molar-refractivity contribution is 6.30. The SMILES string of the molecule is CCOC(=O)C1CCN(C(=O)c2ccccc2OCc2ccc(Cl)cc2)CC1. The topological polar surface area (TPSA) is 55.8 Å². The predicted molar refractivity (Wildman–Crippen MR) is 107 cm³/mol. The lowest BCUT2D eigenvalue weighted by Crippen LogP contribution is -2.40. The Morgan fingerprint density at radius 1 is 1.07 bits per heavy atom. The van der Waals surface area contributed by atoms with Gasteiger partial charge in [-0.2, -0.15) is 0 Å². The quantitative estimate of drug-likeness (QED) is 0.676. The first-order valence-electron chi connectivity index (χ1n) is 9.50. The van der Waals surface area contributed by atoms with Gasteiger partial charge in [-0.15, -0.1) is 0 Å². The Kier molecular flexibility index (Phi) is 6.93. The molecule has 0 N–H and O–H groups in total. The summed E-state index contributed by atoms with van der Waals surface area (Å²) in [6.45, 7) is 3.61. The molecule has 0 bridgehead atoms. The summed E-state index contributed by atoms with van der Waals surface area (Å²) in [5.74, 6) is 0.186. The van der Waals surface area contributed by atoms with E-state index in [1.807, 2.05) is 36.4 Å². The number of likely N-dealkylation sites (tertiary alicyclic amines) is 1. The summed E-state index contributed by atoms with van der Waals surface area (Å²) in [4.78, 5) is 26.7. The van der Waals surface area contributed by atoms with Crippen LogP contribution in [0.2, 0.25) is 5.02 Å². The molecule has 3 rings (SSSR count). The molecule has 1 aliphatic rings. The molecule has 1 aliphatic heterocycles. The Balaban J connectivity index is 1.63. The van der Waals surface area contributed by atoms with Gasteiger partial charge in [0.15, 0.2) is 0 Å². The van der Waals surface area contributed by atoms with Gasteiger partial charge >= 0.3 is 5.97 Å². The zero-order chi connectivity index (χ0) is 19.9. The number of piperidine rings is 1. The summed E-state index contributed by atoms with van der Waals surface area (Å²) in [5, 5.41) is 0.672. The number of rotatable bonds is 6. The van der Waals surface area contributed by atoms with Gasteiger partial charge in [0.25, 0.3) is 5.91 Å². The highest BCUT2D eigenvalue weighted by atomic mass is 35.5. The lowest BCUT2D eigenvalue weighted by atomic mass is 9.96. The van der Waals surface area contributed by atoms with Gasteiger partial charge in [0.2, 0.25) is 0 Å². The average molecular weight is 402 g/mol. The van der Waals surface area contributed by atoms with Gasteiger partial charge in [0.05, 0.1) is 18.1 Å². The van der Waals surface area contributed by atoms with Crippen LogP contribution in [-0.4, -0.2) is 36.5 Å². The van der Waals surface area contributed by atoms with Crippen LogP contribution < -0.4 is 4.74 Å². The zero-order valence-electron chi connectivity index (χ0n) is 15.9. The maximum Gasteiger partial charge on any atom is 0.309 e. The van der Waals surface area contributed by atoms with Gasteiger partial charge < -0.3 is 14.4 Å². The Hall–Kier alpha value is -2.53. The van der Waals surface area contributed by atoms with Crippen molar-refractivity contribution >= 4 is 23.5 Å². The lowest BCUT2D eigenvalue weighted by Gasteiger charge is -2.31. The highest BCUT2D eigenvalue weighted by Crippen LogP contribution is 2.25. The van der Waals surface area contributed by atoms with Gasteiger partial charge in [-0.05, 0) is 49.6 Å². The van der Waals surface area contributed by atoms with Crippen LogP contribution >= 0.6 is 11.6 Å². The number of carbonyl (C=O) groups excluding carboxylic acids is 2. The largest absolute Gasteiger partial charge is 0.488 e. The van der Waals surface area contributed by atoms with E-state index >= 15 is 0 Å². The minimum absolute atomic E-state index is 0.0750. The van der Waals surface area contributed by atoms with Crippen LogP contribution in [0.15, 0.2) is 48.5 Å². The van der Waals surface area contributed by atoms with E-state index in [0.29, 0.717) is 55.5 Å². The number of hydrogen-bond acceptors (Lipinski definition) is 4. The number of para-hydroxylation sites is 1. The van der Waals surface area contributed by atoms with Crippen LogP contribution in [0.3, 0.4) is 0 Å². The molecule has 0 saturated carbocycles. The van der Waals surface area contributed by atoms with Gasteiger partial charge in [-0.1, -0.05) is 35.9 Å². The molecule has 0 atom stereocenters. The summed E-state index contributed by atoms with van der Waals surface area (Å²) in [7, 11) is 0. The van der Waals surface area contributed by atoms with Crippen molar-refractivity contribution in [3.8, 4) is 5.75 Å². The summed E-state index contributed by atoms with van der Waals surface area (Å²) < 4.78 is 11.0. The zero-order valence-corrected chi connectivity index (χ0v) is 16.7. The first kappa shape index (κ1) is 20.2. The molecule has 1 heterocycles. The number of ether oxygens (including phenoxy) is 2. The van der Waals surface area contributed by atoms with Crippen molar-refractivity contribution in [3.05, 3.63) is 64.7 Å². The molecule has 0 unspecified atom stereocenters. The van der Waals surface area contributed by atoms with Crippen molar-refractivity contribution in [2.75, 3.05) is 19.7 Å². The van der Waals surface area contributed by atoms with Crippen molar-refractivity contribution in [2.24, 2.45) is 5.92 Å². The first-order valence-corrected chi connectivity index (χ1v) is 9.88. The Bertz CT molecular complexity index is 814. The molecule has 1 saturated heterocycles. The number of nitrogens with zero attached hydrogens (tertiary/aromatic N) is 1. The maximum atomic E-state index is 13.0. The molecular formula is C22H24ClNO4. The second-order valence-corrected chi connectivity index (χ2v) is 7.17. The van der Waals surface area contributed by atoms with Gasteiger partial charge in [0, 0.05) is 18.1 Å². The van der Waals surface area contributed by atoms with Crippen LogP contribution in [0.1, 0.15) is 35.7 Å². The van der Waals surface area contributed by atoms with Crippen molar-refractivity contribution in [1.82, 2.24) is 4.90 Å². The molecule has 0 radical (unpaired) electrons. The summed E-state index contributed by atoms with van der Waals surface area (Å²) in [6.07, 6.45) is 1.25. The third-order valence-corrected chi connectivity index (χ3v) is 5.08. The summed E-state index contributed by atoms with van der Waals surface area (Å²) in [5.41, 5.74) is 1.51. The van der Waals surface area contributed by atoms with E-state index in [4.69, 9.17) is 21.1 Å². The van der Waals surface area contributed by atoms with E-state index in [1.165, 1.54) is 0 Å². The number of hydrogen-bond donors (Lipinski definition) is 0. The number of benzene rings is 2. The first-order chi connectivity index (χ1) is 13.6. The Labute approximate surface area is 170 Å². The molecular weight excluding hydrogens is 378 g/mol. The Morgan fingerprint density at radius 2 is 1.75 bits per heavy atom. The summed E-state index contributed by atoms with van der Waals surface area (Å²) >= 11 is 5.91. The Morgan fingerprint density at radius 3 is 2.43 bits per heavy atom. The maximum absolute atomic E-state index is 13.0. The molecule has 6 heteroatoms. The van der Waals surface area contributed by atoms with E-state index < -0.39 is 0 Å². The van der Waals surface area contributed by atoms with Crippen molar-refractivity contribution in [1.29, 1.82) is 0 Å². The van der Waals surface area contributed by atoms with Crippen molar-refractivity contribution in [3.63, 3.8) is 0 Å². The predicted octanol–water partition coefficient (Wildman–Crippen LogP) is 4.33. The van der Waals surface area contributed by atoms with Crippen LogP contribution in [0.4, 0.5) is 0 Å². The van der Waals surface area contributed by atoms with Crippen LogP contribution in [-0.2, 0) is 16.1 Å². The fourth-order valence-electron chi connectivity index (χ4n) is 3.26. The summed E-state index contributed by atoms with van der Waals surface area (Å²) in [6, 6.07) is 14.7. The van der Waals surface area contributed by atoms with Gasteiger partial charge in [0.1, 0.15) is 12.4 Å². The van der Waals surface area contributed by atoms with E-state index in [-0.39, 0.29) is 17.8 Å². The number of halogens is 1. The van der Waals surface area contributed by atoms with Crippen molar-refractivity contribution in [2.45, 2.75) is 26.4 Å². The molecule has 2 aromatic carbocycles. The smallest absolute Gasteiger partial charge is 0.309 e. The molecule has 5 nitrogen and oxygen atoms in total. The van der Waals surface area contributed by atoms with Crippen LogP contribution in [0.25, 0.3) is 0 Å². The highest BCUT2D eigenvalue weighted by Gasteiger charge is 2.29. The minimum atomic E-state index is -0.165. The van der Waals surface area contributed by atoms with E-state index in [1.54, 1.807) is 24.0 Å². The van der Waals surface area contributed by atoms with E-state index in [0.717, 1.165) is 5.56 Å². The molecule has 0 aliphatic carbocycles. The fourth-order valence-corrected chi connectivity index (χ4v) is 3.39.